The largest absolute Gasteiger partial charge is 0.488 e. The second-order valence-corrected chi connectivity index (χ2v) is 7.82. The average Bonchev–Trinajstić information content (AvgIpc) is 3.38. The van der Waals surface area contributed by atoms with Crippen molar-refractivity contribution in [1.29, 1.82) is 0 Å². The molecule has 2 heterocycles. The van der Waals surface area contributed by atoms with Gasteiger partial charge in [0.1, 0.15) is 17.9 Å². The van der Waals surface area contributed by atoms with E-state index in [4.69, 9.17) is 9.47 Å². The van der Waals surface area contributed by atoms with Crippen molar-refractivity contribution in [3.05, 3.63) is 77.1 Å². The Morgan fingerprint density at radius 3 is 2.47 bits per heavy atom. The molecule has 0 spiro atoms. The quantitative estimate of drug-likeness (QED) is 0.355. The molecule has 0 aliphatic heterocycles. The Bertz CT molecular complexity index is 1250. The third kappa shape index (κ3) is 5.11. The maximum Gasteiger partial charge on any atom is 0.343 e. The Morgan fingerprint density at radius 2 is 1.79 bits per heavy atom. The number of carbonyl (C=O) groups is 1. The monoisotopic (exact) mass is 457 g/mol. The number of nitrogens with one attached hydrogen (secondary N) is 1. The fourth-order valence-corrected chi connectivity index (χ4v) is 3.81. The van der Waals surface area contributed by atoms with Crippen LogP contribution in [0.3, 0.4) is 0 Å². The van der Waals surface area contributed by atoms with Gasteiger partial charge in [-0.15, -0.1) is 10.2 Å². The summed E-state index contributed by atoms with van der Waals surface area (Å²) in [6, 6.07) is 17.8. The topological polar surface area (TPSA) is 103 Å². The number of aromatic amines is 1. The number of carbonyl (C=O) groups excluding carboxylic acids is 1. The molecular weight excluding hydrogens is 430 g/mol. The molecular formula is C26H27N5O3. The van der Waals surface area contributed by atoms with Gasteiger partial charge in [0.2, 0.25) is 5.82 Å². The summed E-state index contributed by atoms with van der Waals surface area (Å²) in [5.74, 6) is 0.647. The summed E-state index contributed by atoms with van der Waals surface area (Å²) < 4.78 is 11.4. The van der Waals surface area contributed by atoms with Crippen LogP contribution in [0.5, 0.6) is 5.75 Å². The zero-order chi connectivity index (χ0) is 23.9. The van der Waals surface area contributed by atoms with Crippen LogP contribution in [0.1, 0.15) is 47.6 Å². The maximum absolute atomic E-state index is 12.7. The lowest BCUT2D eigenvalue weighted by atomic mass is 9.98. The van der Waals surface area contributed by atoms with E-state index in [0.29, 0.717) is 42.5 Å². The van der Waals surface area contributed by atoms with Crippen molar-refractivity contribution in [2.45, 2.75) is 40.2 Å². The van der Waals surface area contributed by atoms with E-state index in [1.807, 2.05) is 55.5 Å². The zero-order valence-corrected chi connectivity index (χ0v) is 19.5. The van der Waals surface area contributed by atoms with Crippen LogP contribution < -0.4 is 4.74 Å². The van der Waals surface area contributed by atoms with Crippen LogP contribution in [0.25, 0.3) is 22.5 Å². The van der Waals surface area contributed by atoms with Gasteiger partial charge in [-0.3, -0.25) is 4.98 Å². The number of tetrazole rings is 1. The molecule has 0 saturated carbocycles. The average molecular weight is 458 g/mol. The number of nitrogens with zero attached hydrogens (tertiary/aromatic N) is 4. The van der Waals surface area contributed by atoms with E-state index in [9.17, 15) is 4.79 Å². The SMILES string of the molecule is CCCc1nc(C)cc(OCc2ccc(-c3ccccc3-c3nn[nH]n3)cc2)c1C(=O)OCC. The van der Waals surface area contributed by atoms with E-state index in [-0.39, 0.29) is 0 Å². The second kappa shape index (κ2) is 10.7. The Balaban J connectivity index is 1.57. The number of rotatable bonds is 9. The molecule has 0 amide bonds. The van der Waals surface area contributed by atoms with Gasteiger partial charge in [-0.1, -0.05) is 61.9 Å². The van der Waals surface area contributed by atoms with E-state index >= 15 is 0 Å². The van der Waals surface area contributed by atoms with Crippen molar-refractivity contribution in [3.63, 3.8) is 0 Å². The predicted octanol–water partition coefficient (Wildman–Crippen LogP) is 4.95. The van der Waals surface area contributed by atoms with Crippen LogP contribution in [0, 0.1) is 6.92 Å². The predicted molar refractivity (Wildman–Crippen MR) is 128 cm³/mol. The van der Waals surface area contributed by atoms with Gasteiger partial charge in [0.15, 0.2) is 0 Å². The number of aryl methyl sites for hydroxylation is 2. The van der Waals surface area contributed by atoms with E-state index < -0.39 is 5.97 Å². The van der Waals surface area contributed by atoms with Crippen molar-refractivity contribution >= 4 is 5.97 Å². The summed E-state index contributed by atoms with van der Waals surface area (Å²) in [7, 11) is 0. The molecule has 2 aromatic carbocycles. The highest BCUT2D eigenvalue weighted by atomic mass is 16.5. The molecule has 4 rings (SSSR count). The molecule has 174 valence electrons. The van der Waals surface area contributed by atoms with Gasteiger partial charge >= 0.3 is 5.97 Å². The minimum Gasteiger partial charge on any atom is -0.488 e. The summed E-state index contributed by atoms with van der Waals surface area (Å²) in [6.07, 6.45) is 1.55. The third-order valence-corrected chi connectivity index (χ3v) is 5.33. The first-order chi connectivity index (χ1) is 16.6. The molecule has 0 atom stereocenters. The van der Waals surface area contributed by atoms with Crippen LogP contribution in [0.4, 0.5) is 0 Å². The number of pyridine rings is 1. The van der Waals surface area contributed by atoms with Crippen molar-refractivity contribution in [2.75, 3.05) is 6.61 Å². The van der Waals surface area contributed by atoms with Crippen LogP contribution in [0.15, 0.2) is 54.6 Å². The van der Waals surface area contributed by atoms with E-state index in [0.717, 1.165) is 34.4 Å². The van der Waals surface area contributed by atoms with Gasteiger partial charge in [0, 0.05) is 17.3 Å². The summed E-state index contributed by atoms with van der Waals surface area (Å²) in [4.78, 5) is 17.2. The first kappa shape index (κ1) is 23.1. The van der Waals surface area contributed by atoms with Gasteiger partial charge in [-0.2, -0.15) is 5.21 Å². The normalized spacial score (nSPS) is 10.8. The Morgan fingerprint density at radius 1 is 1.03 bits per heavy atom. The van der Waals surface area contributed by atoms with Gasteiger partial charge < -0.3 is 9.47 Å². The van der Waals surface area contributed by atoms with Gasteiger partial charge in [-0.05, 0) is 42.2 Å². The highest BCUT2D eigenvalue weighted by Gasteiger charge is 2.21. The first-order valence-electron chi connectivity index (χ1n) is 11.3. The summed E-state index contributed by atoms with van der Waals surface area (Å²) >= 11 is 0. The highest BCUT2D eigenvalue weighted by Crippen LogP contribution is 2.30. The minimum absolute atomic E-state index is 0.296. The molecule has 1 N–H and O–H groups in total. The maximum atomic E-state index is 12.7. The molecule has 0 aliphatic carbocycles. The number of esters is 1. The molecule has 0 saturated heterocycles. The standard InChI is InChI=1S/C26H27N5O3/c1-4-8-22-24(26(32)33-5-2)23(15-17(3)27-22)34-16-18-11-13-19(14-12-18)20-9-6-7-10-21(20)25-28-30-31-29-25/h6-7,9-15H,4-5,8,16H2,1-3H3,(H,28,29,30,31). The summed E-state index contributed by atoms with van der Waals surface area (Å²) in [5, 5.41) is 14.4. The smallest absolute Gasteiger partial charge is 0.343 e. The lowest BCUT2D eigenvalue weighted by molar-refractivity contribution is 0.0519. The lowest BCUT2D eigenvalue weighted by Gasteiger charge is -2.15. The van der Waals surface area contributed by atoms with Crippen LogP contribution in [-0.4, -0.2) is 38.2 Å². The number of benzene rings is 2. The fraction of sp³-hybridized carbons (Fsp3) is 0.269. The van der Waals surface area contributed by atoms with E-state index in [1.165, 1.54) is 0 Å². The van der Waals surface area contributed by atoms with Crippen molar-refractivity contribution in [3.8, 4) is 28.3 Å². The molecule has 0 radical (unpaired) electrons. The van der Waals surface area contributed by atoms with Crippen molar-refractivity contribution in [1.82, 2.24) is 25.6 Å². The zero-order valence-electron chi connectivity index (χ0n) is 19.5. The number of hydrogen-bond acceptors (Lipinski definition) is 7. The summed E-state index contributed by atoms with van der Waals surface area (Å²) in [5.41, 5.74) is 5.85. The van der Waals surface area contributed by atoms with Crippen molar-refractivity contribution in [2.24, 2.45) is 0 Å². The van der Waals surface area contributed by atoms with Gasteiger partial charge in [0.05, 0.1) is 12.3 Å². The van der Waals surface area contributed by atoms with Gasteiger partial charge in [-0.25, -0.2) is 4.79 Å². The molecule has 0 bridgehead atoms. The number of H-pyrrole nitrogens is 1. The Labute approximate surface area is 198 Å². The van der Waals surface area contributed by atoms with Crippen LogP contribution in [0.2, 0.25) is 0 Å². The molecule has 34 heavy (non-hydrogen) atoms. The minimum atomic E-state index is -0.401. The highest BCUT2D eigenvalue weighted by molar-refractivity contribution is 5.93. The molecule has 8 nitrogen and oxygen atoms in total. The lowest BCUT2D eigenvalue weighted by Crippen LogP contribution is -2.13. The number of aromatic nitrogens is 5. The van der Waals surface area contributed by atoms with E-state index in [2.05, 4.69) is 32.5 Å². The van der Waals surface area contributed by atoms with Crippen LogP contribution in [-0.2, 0) is 17.8 Å². The van der Waals surface area contributed by atoms with Crippen LogP contribution >= 0.6 is 0 Å². The molecule has 0 aliphatic rings. The number of ether oxygens (including phenoxy) is 2. The molecule has 8 heteroatoms. The molecule has 4 aromatic rings. The van der Waals surface area contributed by atoms with E-state index in [1.54, 1.807) is 13.0 Å². The molecule has 0 fully saturated rings. The molecule has 2 aromatic heterocycles. The third-order valence-electron chi connectivity index (χ3n) is 5.33. The van der Waals surface area contributed by atoms with Crippen molar-refractivity contribution < 1.29 is 14.3 Å². The molecule has 0 unspecified atom stereocenters. The number of hydrogen-bond donors (Lipinski definition) is 1. The summed E-state index contributed by atoms with van der Waals surface area (Å²) in [6.45, 7) is 6.35. The Kier molecular flexibility index (Phi) is 7.27. The Hall–Kier alpha value is -4.07. The fourth-order valence-electron chi connectivity index (χ4n) is 3.81. The van der Waals surface area contributed by atoms with Gasteiger partial charge in [0.25, 0.3) is 0 Å². The second-order valence-electron chi connectivity index (χ2n) is 7.82. The first-order valence-corrected chi connectivity index (χ1v) is 11.3.